The van der Waals surface area contributed by atoms with Gasteiger partial charge in [-0.25, -0.2) is 0 Å². The van der Waals surface area contributed by atoms with E-state index >= 15 is 0 Å². The van der Waals surface area contributed by atoms with Crippen LogP contribution in [0.4, 0.5) is 0 Å². The summed E-state index contributed by atoms with van der Waals surface area (Å²) in [6.07, 6.45) is 9.03. The second kappa shape index (κ2) is 5.42. The Bertz CT molecular complexity index is 303. The van der Waals surface area contributed by atoms with Gasteiger partial charge in [-0.3, -0.25) is 4.90 Å². The van der Waals surface area contributed by atoms with E-state index in [1.54, 1.807) is 0 Å². The van der Waals surface area contributed by atoms with E-state index in [9.17, 15) is 5.11 Å². The Kier molecular flexibility index (Phi) is 4.12. The van der Waals surface area contributed by atoms with Crippen LogP contribution >= 0.6 is 0 Å². The topological polar surface area (TPSA) is 23.5 Å². The third-order valence-electron chi connectivity index (χ3n) is 4.24. The zero-order valence-electron chi connectivity index (χ0n) is 11.2. The molecule has 0 aromatic heterocycles. The molecule has 2 rings (SSSR count). The average molecular weight is 235 g/mol. The molecule has 2 nitrogen and oxygen atoms in total. The zero-order chi connectivity index (χ0) is 12.3. The minimum atomic E-state index is -0.743. The fraction of sp³-hybridized carbons (Fsp3) is 0.867. The minimum Gasteiger partial charge on any atom is -0.378 e. The summed E-state index contributed by atoms with van der Waals surface area (Å²) in [6, 6.07) is 0.712. The molecule has 0 aromatic rings. The van der Waals surface area contributed by atoms with Gasteiger partial charge in [0.05, 0.1) is 6.54 Å². The normalized spacial score (nSPS) is 25.2. The summed E-state index contributed by atoms with van der Waals surface area (Å²) in [7, 11) is 2.16. The molecule has 1 N–H and O–H groups in total. The lowest BCUT2D eigenvalue weighted by atomic mass is 9.94. The first-order chi connectivity index (χ1) is 8.09. The predicted octanol–water partition coefficient (Wildman–Crippen LogP) is 2.42. The monoisotopic (exact) mass is 235 g/mol. The molecule has 0 heterocycles. The first-order valence-electron chi connectivity index (χ1n) is 7.02. The van der Waals surface area contributed by atoms with Crippen molar-refractivity contribution in [2.75, 3.05) is 13.6 Å². The lowest BCUT2D eigenvalue weighted by Gasteiger charge is -2.29. The highest BCUT2D eigenvalue weighted by atomic mass is 16.3. The molecule has 2 aliphatic carbocycles. The van der Waals surface area contributed by atoms with E-state index in [4.69, 9.17) is 0 Å². The summed E-state index contributed by atoms with van der Waals surface area (Å²) in [6.45, 7) is 2.66. The number of rotatable bonds is 3. The van der Waals surface area contributed by atoms with Gasteiger partial charge in [0.1, 0.15) is 5.60 Å². The maximum Gasteiger partial charge on any atom is 0.125 e. The highest BCUT2D eigenvalue weighted by Crippen LogP contribution is 2.38. The van der Waals surface area contributed by atoms with Gasteiger partial charge in [-0.2, -0.15) is 0 Å². The van der Waals surface area contributed by atoms with Crippen LogP contribution in [0.15, 0.2) is 0 Å². The molecule has 2 saturated carbocycles. The van der Waals surface area contributed by atoms with Crippen LogP contribution in [0, 0.1) is 17.8 Å². The standard InChI is InChI=1S/C15H25NO/c1-15(17,13-9-10-13)11-6-12-16(2)14-7-4-3-5-8-14/h13-14,17H,3-5,7-10,12H2,1-2H3. The summed E-state index contributed by atoms with van der Waals surface area (Å²) in [5, 5.41) is 10.1. The van der Waals surface area contributed by atoms with Gasteiger partial charge in [0.15, 0.2) is 0 Å². The van der Waals surface area contributed by atoms with Crippen molar-refractivity contribution in [2.24, 2.45) is 5.92 Å². The third-order valence-corrected chi connectivity index (χ3v) is 4.24. The average Bonchev–Trinajstić information content (AvgIpc) is 3.14. The number of hydrogen-bond acceptors (Lipinski definition) is 2. The molecule has 2 heteroatoms. The molecule has 2 fully saturated rings. The fourth-order valence-electron chi connectivity index (χ4n) is 2.74. The molecule has 0 aromatic carbocycles. The quantitative estimate of drug-likeness (QED) is 0.759. The molecule has 1 atom stereocenters. The van der Waals surface area contributed by atoms with E-state index in [-0.39, 0.29) is 0 Å². The number of hydrogen-bond donors (Lipinski definition) is 1. The van der Waals surface area contributed by atoms with E-state index in [1.165, 1.54) is 32.1 Å². The molecule has 2 aliphatic rings. The molecule has 0 bridgehead atoms. The van der Waals surface area contributed by atoms with Crippen LogP contribution in [0.5, 0.6) is 0 Å². The molecule has 96 valence electrons. The first-order valence-corrected chi connectivity index (χ1v) is 7.02. The van der Waals surface area contributed by atoms with Crippen molar-refractivity contribution in [3.63, 3.8) is 0 Å². The molecule has 0 saturated heterocycles. The Morgan fingerprint density at radius 2 is 1.82 bits per heavy atom. The lowest BCUT2D eigenvalue weighted by Crippen LogP contribution is -2.34. The summed E-state index contributed by atoms with van der Waals surface area (Å²) >= 11 is 0. The van der Waals surface area contributed by atoms with Crippen molar-refractivity contribution in [1.29, 1.82) is 0 Å². The Labute approximate surface area is 105 Å². The van der Waals surface area contributed by atoms with Gasteiger partial charge in [-0.1, -0.05) is 31.1 Å². The van der Waals surface area contributed by atoms with E-state index in [1.807, 2.05) is 6.92 Å². The highest BCUT2D eigenvalue weighted by molar-refractivity contribution is 5.17. The fourth-order valence-corrected chi connectivity index (χ4v) is 2.74. The molecule has 0 aliphatic heterocycles. The Morgan fingerprint density at radius 3 is 2.41 bits per heavy atom. The Hall–Kier alpha value is -0.520. The van der Waals surface area contributed by atoms with E-state index < -0.39 is 5.60 Å². The van der Waals surface area contributed by atoms with E-state index in [0.717, 1.165) is 19.4 Å². The molecule has 0 amide bonds. The van der Waals surface area contributed by atoms with E-state index in [0.29, 0.717) is 12.0 Å². The maximum absolute atomic E-state index is 10.1. The first kappa shape index (κ1) is 12.9. The lowest BCUT2D eigenvalue weighted by molar-refractivity contribution is 0.0977. The van der Waals surface area contributed by atoms with Gasteiger partial charge in [-0.15, -0.1) is 0 Å². The largest absolute Gasteiger partial charge is 0.378 e. The summed E-state index contributed by atoms with van der Waals surface area (Å²) in [5.74, 6) is 6.65. The minimum absolute atomic E-state index is 0.426. The molecule has 0 radical (unpaired) electrons. The zero-order valence-corrected chi connectivity index (χ0v) is 11.2. The number of aliphatic hydroxyl groups is 1. The predicted molar refractivity (Wildman–Crippen MR) is 70.6 cm³/mol. The second-order valence-electron chi connectivity index (χ2n) is 5.93. The van der Waals surface area contributed by atoms with Gasteiger partial charge < -0.3 is 5.11 Å². The van der Waals surface area contributed by atoms with Crippen LogP contribution in [0.25, 0.3) is 0 Å². The van der Waals surface area contributed by atoms with Crippen LogP contribution in [0.3, 0.4) is 0 Å². The van der Waals surface area contributed by atoms with Crippen molar-refractivity contribution in [3.05, 3.63) is 0 Å². The number of nitrogens with zero attached hydrogens (tertiary/aromatic N) is 1. The van der Waals surface area contributed by atoms with E-state index in [2.05, 4.69) is 23.8 Å². The van der Waals surface area contributed by atoms with Gasteiger partial charge in [0.25, 0.3) is 0 Å². The van der Waals surface area contributed by atoms with Crippen LogP contribution < -0.4 is 0 Å². The summed E-state index contributed by atoms with van der Waals surface area (Å²) < 4.78 is 0. The van der Waals surface area contributed by atoms with Crippen LogP contribution in [-0.2, 0) is 0 Å². The van der Waals surface area contributed by atoms with Crippen molar-refractivity contribution in [1.82, 2.24) is 4.90 Å². The molecule has 17 heavy (non-hydrogen) atoms. The Morgan fingerprint density at radius 1 is 1.18 bits per heavy atom. The molecule has 1 unspecified atom stereocenters. The summed E-state index contributed by atoms with van der Waals surface area (Å²) in [5.41, 5.74) is -0.743. The maximum atomic E-state index is 10.1. The van der Waals surface area contributed by atoms with Crippen molar-refractivity contribution in [2.45, 2.75) is 63.5 Å². The third kappa shape index (κ3) is 3.72. The van der Waals surface area contributed by atoms with Crippen LogP contribution in [-0.4, -0.2) is 35.2 Å². The van der Waals surface area contributed by atoms with Gasteiger partial charge >= 0.3 is 0 Å². The van der Waals surface area contributed by atoms with Gasteiger partial charge in [0, 0.05) is 6.04 Å². The van der Waals surface area contributed by atoms with Gasteiger partial charge in [-0.05, 0) is 45.6 Å². The smallest absolute Gasteiger partial charge is 0.125 e. The van der Waals surface area contributed by atoms with Crippen molar-refractivity contribution >= 4 is 0 Å². The van der Waals surface area contributed by atoms with Crippen LogP contribution in [0.2, 0.25) is 0 Å². The van der Waals surface area contributed by atoms with Crippen molar-refractivity contribution in [3.8, 4) is 11.8 Å². The highest BCUT2D eigenvalue weighted by Gasteiger charge is 2.38. The van der Waals surface area contributed by atoms with Crippen LogP contribution in [0.1, 0.15) is 51.9 Å². The SMILES string of the molecule is CN(CC#CC(C)(O)C1CC1)C1CCCCC1. The molecular formula is C15H25NO. The summed E-state index contributed by atoms with van der Waals surface area (Å²) in [4.78, 5) is 2.36. The molecule has 0 spiro atoms. The second-order valence-corrected chi connectivity index (χ2v) is 5.93. The van der Waals surface area contributed by atoms with Crippen molar-refractivity contribution < 1.29 is 5.11 Å². The van der Waals surface area contributed by atoms with Gasteiger partial charge in [0.2, 0.25) is 0 Å². The molecular weight excluding hydrogens is 210 g/mol. The Balaban J connectivity index is 1.78.